The van der Waals surface area contributed by atoms with E-state index in [1.54, 1.807) is 12.3 Å². The zero-order chi connectivity index (χ0) is 19.4. The number of nitrogens with two attached hydrogens (primary N) is 1. The number of nitrogen functional groups attached to an aromatic ring is 1. The Bertz CT molecular complexity index is 803. The van der Waals surface area contributed by atoms with Crippen molar-refractivity contribution in [2.24, 2.45) is 4.99 Å². The number of pyridine rings is 1. The molecule has 1 fully saturated rings. The van der Waals surface area contributed by atoms with Gasteiger partial charge in [-0.3, -0.25) is 0 Å². The van der Waals surface area contributed by atoms with E-state index in [0.717, 1.165) is 11.3 Å². The zero-order valence-corrected chi connectivity index (χ0v) is 17.0. The summed E-state index contributed by atoms with van der Waals surface area (Å²) in [7, 11) is 0. The summed E-state index contributed by atoms with van der Waals surface area (Å²) < 4.78 is 6.09. The molecule has 4 rings (SSSR count). The number of rotatable bonds is 2. The Kier molecular flexibility index (Phi) is 5.83. The minimum atomic E-state index is -0.542. The Morgan fingerprint density at radius 1 is 1.00 bits per heavy atom. The lowest BCUT2D eigenvalue weighted by Crippen LogP contribution is -2.41. The highest BCUT2D eigenvalue weighted by Crippen LogP contribution is 2.40. The molecule has 1 aromatic heterocycles. The maximum atomic E-state index is 6.09. The zero-order valence-electron chi connectivity index (χ0n) is 17.0. The van der Waals surface area contributed by atoms with Crippen molar-refractivity contribution in [3.05, 3.63) is 47.7 Å². The summed E-state index contributed by atoms with van der Waals surface area (Å²) in [5.41, 5.74) is 10.2. The maximum absolute atomic E-state index is 6.09. The Morgan fingerprint density at radius 3 is 2.33 bits per heavy atom. The highest BCUT2D eigenvalue weighted by atomic mass is 16.5. The van der Waals surface area contributed by atoms with E-state index in [2.05, 4.69) is 29.2 Å². The molecule has 1 saturated carbocycles. The van der Waals surface area contributed by atoms with Crippen molar-refractivity contribution in [3.8, 4) is 5.88 Å². The van der Waals surface area contributed by atoms with Gasteiger partial charge in [0.05, 0.1) is 11.4 Å². The van der Waals surface area contributed by atoms with Crippen molar-refractivity contribution in [1.82, 2.24) is 4.98 Å². The van der Waals surface area contributed by atoms with Gasteiger partial charge in [0, 0.05) is 11.8 Å². The van der Waals surface area contributed by atoms with Gasteiger partial charge >= 0.3 is 0 Å². The maximum Gasteiger partial charge on any atom is 0.243 e. The van der Waals surface area contributed by atoms with Gasteiger partial charge in [0.2, 0.25) is 5.88 Å². The van der Waals surface area contributed by atoms with Crippen molar-refractivity contribution in [2.75, 3.05) is 5.73 Å². The fourth-order valence-corrected chi connectivity index (χ4v) is 3.93. The van der Waals surface area contributed by atoms with Gasteiger partial charge in [-0.15, -0.1) is 0 Å². The summed E-state index contributed by atoms with van der Waals surface area (Å²) in [6.07, 6.45) is 8.36. The number of aliphatic imine (C=N–C) groups is 1. The molecule has 2 aromatic rings. The number of ether oxygens (including phenoxy) is 1. The highest BCUT2D eigenvalue weighted by Gasteiger charge is 2.34. The number of benzene rings is 1. The third kappa shape index (κ3) is 4.00. The Morgan fingerprint density at radius 2 is 1.67 bits per heavy atom. The first-order valence-electron chi connectivity index (χ1n) is 10.2. The number of hydrogen-bond donors (Lipinski definition) is 1. The van der Waals surface area contributed by atoms with Crippen LogP contribution in [-0.4, -0.2) is 16.3 Å². The predicted octanol–water partition coefficient (Wildman–Crippen LogP) is 6.03. The predicted molar refractivity (Wildman–Crippen MR) is 113 cm³/mol. The third-order valence-corrected chi connectivity index (χ3v) is 5.33. The molecule has 0 saturated heterocycles. The SMILES string of the molecule is CC.CC1(C)Oc2nccc(N)c2N=C1c1ccc(C2CCCCC2)cc1. The van der Waals surface area contributed by atoms with Crippen molar-refractivity contribution < 1.29 is 4.74 Å². The summed E-state index contributed by atoms with van der Waals surface area (Å²) in [4.78, 5) is 9.08. The van der Waals surface area contributed by atoms with Crippen LogP contribution in [0, 0.1) is 0 Å². The van der Waals surface area contributed by atoms with E-state index in [-0.39, 0.29) is 0 Å². The second-order valence-corrected chi connectivity index (χ2v) is 7.58. The summed E-state index contributed by atoms with van der Waals surface area (Å²) in [6.45, 7) is 8.05. The lowest BCUT2D eigenvalue weighted by molar-refractivity contribution is 0.171. The standard InChI is InChI=1S/C21H25N3O.C2H6/c1-21(2)19(24-18-17(22)12-13-23-20(18)25-21)16-10-8-15(9-11-16)14-6-4-3-5-7-14;1-2/h8-14H,3-7H2,1-2H3,(H2,22,23);1-2H3. The molecule has 0 atom stereocenters. The lowest BCUT2D eigenvalue weighted by Gasteiger charge is -2.32. The molecule has 1 aliphatic heterocycles. The van der Waals surface area contributed by atoms with Gasteiger partial charge in [-0.2, -0.15) is 0 Å². The van der Waals surface area contributed by atoms with Gasteiger partial charge in [0.15, 0.2) is 0 Å². The summed E-state index contributed by atoms with van der Waals surface area (Å²) in [5.74, 6) is 1.22. The number of hydrogen-bond acceptors (Lipinski definition) is 4. The van der Waals surface area contributed by atoms with Gasteiger partial charge < -0.3 is 10.5 Å². The number of nitrogens with zero attached hydrogens (tertiary/aromatic N) is 2. The topological polar surface area (TPSA) is 60.5 Å². The van der Waals surface area contributed by atoms with Crippen LogP contribution in [0.1, 0.15) is 76.8 Å². The lowest BCUT2D eigenvalue weighted by atomic mass is 9.83. The van der Waals surface area contributed by atoms with Crippen LogP contribution in [0.4, 0.5) is 11.4 Å². The molecule has 1 aromatic carbocycles. The average molecular weight is 366 g/mol. The second-order valence-electron chi connectivity index (χ2n) is 7.58. The minimum Gasteiger partial charge on any atom is -0.463 e. The molecular formula is C23H31N3O. The number of anilines is 1. The summed E-state index contributed by atoms with van der Waals surface area (Å²) >= 11 is 0. The highest BCUT2D eigenvalue weighted by molar-refractivity contribution is 6.09. The molecule has 0 bridgehead atoms. The van der Waals surface area contributed by atoms with Crippen LogP contribution in [-0.2, 0) is 0 Å². The van der Waals surface area contributed by atoms with E-state index in [4.69, 9.17) is 15.5 Å². The van der Waals surface area contributed by atoms with E-state index in [1.807, 2.05) is 27.7 Å². The molecular weight excluding hydrogens is 334 g/mol. The van der Waals surface area contributed by atoms with Gasteiger partial charge in [-0.25, -0.2) is 9.98 Å². The molecule has 2 heterocycles. The first-order chi connectivity index (χ1) is 13.0. The second kappa shape index (κ2) is 8.12. The van der Waals surface area contributed by atoms with E-state index in [9.17, 15) is 0 Å². The fraction of sp³-hybridized carbons (Fsp3) is 0.478. The molecule has 0 spiro atoms. The first kappa shape index (κ1) is 19.4. The molecule has 0 unspecified atom stereocenters. The monoisotopic (exact) mass is 365 g/mol. The van der Waals surface area contributed by atoms with E-state index < -0.39 is 5.60 Å². The minimum absolute atomic E-state index is 0.507. The van der Waals surface area contributed by atoms with Crippen LogP contribution in [0.5, 0.6) is 5.88 Å². The van der Waals surface area contributed by atoms with Crippen LogP contribution < -0.4 is 10.5 Å². The smallest absolute Gasteiger partial charge is 0.243 e. The van der Waals surface area contributed by atoms with Crippen LogP contribution >= 0.6 is 0 Å². The van der Waals surface area contributed by atoms with Gasteiger partial charge in [-0.05, 0) is 44.2 Å². The van der Waals surface area contributed by atoms with Gasteiger partial charge in [0.25, 0.3) is 0 Å². The molecule has 4 heteroatoms. The van der Waals surface area contributed by atoms with Gasteiger partial charge in [-0.1, -0.05) is 57.4 Å². The molecule has 27 heavy (non-hydrogen) atoms. The number of fused-ring (bicyclic) bond motifs is 1. The fourth-order valence-electron chi connectivity index (χ4n) is 3.93. The van der Waals surface area contributed by atoms with Crippen molar-refractivity contribution in [3.63, 3.8) is 0 Å². The van der Waals surface area contributed by atoms with Gasteiger partial charge in [0.1, 0.15) is 11.3 Å². The number of aromatic nitrogens is 1. The van der Waals surface area contributed by atoms with Crippen LogP contribution in [0.15, 0.2) is 41.5 Å². The molecule has 0 amide bonds. The van der Waals surface area contributed by atoms with Crippen molar-refractivity contribution in [2.45, 2.75) is 71.3 Å². The van der Waals surface area contributed by atoms with Crippen LogP contribution in [0.2, 0.25) is 0 Å². The average Bonchev–Trinajstić information content (AvgIpc) is 2.69. The molecule has 144 valence electrons. The largest absolute Gasteiger partial charge is 0.463 e. The molecule has 0 radical (unpaired) electrons. The Balaban J connectivity index is 0.00000102. The van der Waals surface area contributed by atoms with E-state index >= 15 is 0 Å². The van der Waals surface area contributed by atoms with E-state index in [1.165, 1.54) is 37.7 Å². The molecule has 1 aliphatic carbocycles. The van der Waals surface area contributed by atoms with E-state index in [0.29, 0.717) is 23.2 Å². The normalized spacial score (nSPS) is 18.4. The summed E-state index contributed by atoms with van der Waals surface area (Å²) in [5, 5.41) is 0. The first-order valence-corrected chi connectivity index (χ1v) is 10.2. The Hall–Kier alpha value is -2.36. The third-order valence-electron chi connectivity index (χ3n) is 5.33. The van der Waals surface area contributed by atoms with Crippen LogP contribution in [0.3, 0.4) is 0 Å². The molecule has 2 N–H and O–H groups in total. The molecule has 4 nitrogen and oxygen atoms in total. The quantitative estimate of drug-likeness (QED) is 0.707. The van der Waals surface area contributed by atoms with Crippen molar-refractivity contribution >= 4 is 17.1 Å². The van der Waals surface area contributed by atoms with Crippen molar-refractivity contribution in [1.29, 1.82) is 0 Å². The Labute approximate surface area is 162 Å². The van der Waals surface area contributed by atoms with Crippen LogP contribution in [0.25, 0.3) is 0 Å². The molecule has 2 aliphatic rings. The summed E-state index contributed by atoms with van der Waals surface area (Å²) in [6, 6.07) is 10.6.